The summed E-state index contributed by atoms with van der Waals surface area (Å²) in [6.07, 6.45) is 17.4. The van der Waals surface area contributed by atoms with Crippen molar-refractivity contribution in [3.05, 3.63) is 75.6 Å². The summed E-state index contributed by atoms with van der Waals surface area (Å²) in [7, 11) is 0. The molecule has 0 aliphatic heterocycles. The van der Waals surface area contributed by atoms with Crippen molar-refractivity contribution in [2.75, 3.05) is 6.61 Å². The second-order valence-electron chi connectivity index (χ2n) is 17.6. The van der Waals surface area contributed by atoms with Crippen LogP contribution >= 0.6 is 11.6 Å². The third-order valence-corrected chi connectivity index (χ3v) is 14.2. The Morgan fingerprint density at radius 1 is 0.980 bits per heavy atom. The van der Waals surface area contributed by atoms with E-state index in [9.17, 15) is 9.59 Å². The maximum atomic E-state index is 13.1. The number of carbonyl (C=O) groups excluding carboxylic acids is 1. The molecule has 3 aromatic rings. The molecule has 0 N–H and O–H groups in total. The number of allylic oxidation sites excluding steroid dienone is 1. The van der Waals surface area contributed by atoms with Crippen LogP contribution in [0.4, 0.5) is 0 Å². The summed E-state index contributed by atoms with van der Waals surface area (Å²) < 4.78 is 17.4. The number of hydrogen-bond acceptors (Lipinski definition) is 5. The van der Waals surface area contributed by atoms with Crippen LogP contribution in [0.2, 0.25) is 5.02 Å². The van der Waals surface area contributed by atoms with Crippen LogP contribution in [-0.2, 0) is 9.53 Å². The van der Waals surface area contributed by atoms with Gasteiger partial charge in [0, 0.05) is 23.9 Å². The fourth-order valence-corrected chi connectivity index (χ4v) is 11.3. The molecule has 3 fully saturated rings. The fourth-order valence-electron chi connectivity index (χ4n) is 11.1. The lowest BCUT2D eigenvalue weighted by Crippen LogP contribution is -2.52. The van der Waals surface area contributed by atoms with E-state index >= 15 is 0 Å². The molecule has 51 heavy (non-hydrogen) atoms. The van der Waals surface area contributed by atoms with Crippen LogP contribution in [0.1, 0.15) is 112 Å². The Kier molecular flexibility index (Phi) is 10.5. The Morgan fingerprint density at radius 3 is 2.57 bits per heavy atom. The molecule has 0 spiro atoms. The van der Waals surface area contributed by atoms with Crippen molar-refractivity contribution in [2.24, 2.45) is 46.3 Å². The molecule has 4 aliphatic rings. The van der Waals surface area contributed by atoms with Crippen LogP contribution in [0.5, 0.6) is 5.75 Å². The first-order chi connectivity index (χ1) is 24.4. The van der Waals surface area contributed by atoms with E-state index in [0.717, 1.165) is 65.9 Å². The van der Waals surface area contributed by atoms with Gasteiger partial charge in [0.25, 0.3) is 0 Å². The molecule has 1 aromatic heterocycles. The minimum absolute atomic E-state index is 0.142. The maximum absolute atomic E-state index is 13.1. The highest BCUT2D eigenvalue weighted by atomic mass is 35.5. The van der Waals surface area contributed by atoms with E-state index < -0.39 is 11.6 Å². The zero-order valence-electron chi connectivity index (χ0n) is 31.3. The quantitative estimate of drug-likeness (QED) is 0.119. The molecule has 0 amide bonds. The molecule has 4 aliphatic carbocycles. The van der Waals surface area contributed by atoms with Crippen LogP contribution in [-0.4, -0.2) is 18.7 Å². The Balaban J connectivity index is 0.959. The average Bonchev–Trinajstić information content (AvgIpc) is 3.10. The van der Waals surface area contributed by atoms with Crippen molar-refractivity contribution in [2.45, 2.75) is 118 Å². The molecule has 1 heterocycles. The van der Waals surface area contributed by atoms with Crippen LogP contribution < -0.4 is 10.4 Å². The summed E-state index contributed by atoms with van der Waals surface area (Å²) in [6, 6.07) is 14.4. The summed E-state index contributed by atoms with van der Waals surface area (Å²) >= 11 is 6.62. The van der Waals surface area contributed by atoms with Crippen molar-refractivity contribution in [3.63, 3.8) is 0 Å². The zero-order chi connectivity index (χ0) is 35.9. The molecule has 0 radical (unpaired) electrons. The summed E-state index contributed by atoms with van der Waals surface area (Å²) in [5, 5.41) is 1.04. The lowest BCUT2D eigenvalue weighted by Gasteiger charge is -2.61. The first-order valence-electron chi connectivity index (χ1n) is 19.8. The standard InChI is InChI=1S/C45H57ClO5/c1-28(2)10-9-11-29(3)31-14-17-37-34-16-15-32-22-33(18-21-45(32,5)38(34)19-20-44(37,4)26-31)50-43(48)27-49-41-25-40-36(23-39(41)46)35(24-42(47)51-40)30-12-7-6-8-13-30/h6-8,12-13,15,23-25,28-29,31,33-34,37-38H,9-11,14,16-22,26-27H2,1-5H3/t29-,31+,33+,34-,37+,38-,44-,45+/m1/s1. The first kappa shape index (κ1) is 36.3. The van der Waals surface area contributed by atoms with Crippen molar-refractivity contribution >= 4 is 28.5 Å². The van der Waals surface area contributed by atoms with Gasteiger partial charge in [-0.05, 0) is 115 Å². The fraction of sp³-hybridized carbons (Fsp3) is 0.600. The second kappa shape index (κ2) is 14.8. The third-order valence-electron chi connectivity index (χ3n) is 13.9. The Labute approximate surface area is 309 Å². The highest BCUT2D eigenvalue weighted by Gasteiger charge is 2.56. The van der Waals surface area contributed by atoms with Gasteiger partial charge in [-0.15, -0.1) is 0 Å². The van der Waals surface area contributed by atoms with Gasteiger partial charge in [0.2, 0.25) is 0 Å². The van der Waals surface area contributed by atoms with Crippen LogP contribution in [0.25, 0.3) is 22.1 Å². The molecule has 5 nitrogen and oxygen atoms in total. The van der Waals surface area contributed by atoms with E-state index in [1.165, 1.54) is 69.4 Å². The van der Waals surface area contributed by atoms with E-state index in [2.05, 4.69) is 40.7 Å². The molecule has 2 aromatic carbocycles. The number of fused-ring (bicyclic) bond motifs is 6. The highest BCUT2D eigenvalue weighted by molar-refractivity contribution is 6.33. The van der Waals surface area contributed by atoms with Crippen LogP contribution in [0.3, 0.4) is 0 Å². The Hall–Kier alpha value is -3.05. The Morgan fingerprint density at radius 2 is 1.78 bits per heavy atom. The number of hydrogen-bond donors (Lipinski definition) is 0. The minimum atomic E-state index is -0.464. The third kappa shape index (κ3) is 7.44. The van der Waals surface area contributed by atoms with Gasteiger partial charge in [-0.25, -0.2) is 9.59 Å². The van der Waals surface area contributed by atoms with Crippen LogP contribution in [0, 0.1) is 46.3 Å². The first-order valence-corrected chi connectivity index (χ1v) is 20.2. The zero-order valence-corrected chi connectivity index (χ0v) is 32.1. The monoisotopic (exact) mass is 712 g/mol. The molecule has 274 valence electrons. The van der Waals surface area contributed by atoms with Crippen molar-refractivity contribution in [1.82, 2.24) is 0 Å². The molecule has 3 saturated carbocycles. The molecule has 8 atom stereocenters. The maximum Gasteiger partial charge on any atom is 0.344 e. The minimum Gasteiger partial charge on any atom is -0.480 e. The molecular weight excluding hydrogens is 656 g/mol. The SMILES string of the molecule is CC(C)CCC[C@@H](C)[C@H]1CC[C@H]2[C@H]3CC=C4C[C@@H](OC(=O)COc5cc6oc(=O)cc(-c7ccccc7)c6cc5Cl)CC[C@]4(C)[C@@H]3CC[C@]2(C)C1. The van der Waals surface area contributed by atoms with Gasteiger partial charge in [0.15, 0.2) is 6.61 Å². The lowest BCUT2D eigenvalue weighted by atomic mass is 9.44. The van der Waals surface area contributed by atoms with E-state index in [-0.39, 0.29) is 23.9 Å². The predicted octanol–water partition coefficient (Wildman–Crippen LogP) is 11.8. The van der Waals surface area contributed by atoms with Gasteiger partial charge in [-0.2, -0.15) is 0 Å². The van der Waals surface area contributed by atoms with Crippen molar-refractivity contribution < 1.29 is 18.7 Å². The number of esters is 1. The topological polar surface area (TPSA) is 65.7 Å². The van der Waals surface area contributed by atoms with Gasteiger partial charge in [-0.1, -0.05) is 107 Å². The van der Waals surface area contributed by atoms with Crippen molar-refractivity contribution in [1.29, 1.82) is 0 Å². The largest absolute Gasteiger partial charge is 0.480 e. The smallest absolute Gasteiger partial charge is 0.344 e. The van der Waals surface area contributed by atoms with E-state index in [0.29, 0.717) is 21.4 Å². The second-order valence-corrected chi connectivity index (χ2v) is 18.0. The van der Waals surface area contributed by atoms with Gasteiger partial charge < -0.3 is 13.9 Å². The van der Waals surface area contributed by atoms with Crippen molar-refractivity contribution in [3.8, 4) is 16.9 Å². The average molecular weight is 713 g/mol. The van der Waals surface area contributed by atoms with Gasteiger partial charge in [-0.3, -0.25) is 0 Å². The number of carbonyl (C=O) groups is 1. The molecule has 0 saturated heterocycles. The van der Waals surface area contributed by atoms with Gasteiger partial charge in [0.05, 0.1) is 5.02 Å². The molecule has 0 unspecified atom stereocenters. The summed E-state index contributed by atoms with van der Waals surface area (Å²) in [6.45, 7) is 12.1. The van der Waals surface area contributed by atoms with Crippen LogP contribution in [0.15, 0.2) is 69.4 Å². The predicted molar refractivity (Wildman–Crippen MR) is 206 cm³/mol. The molecule has 6 heteroatoms. The summed E-state index contributed by atoms with van der Waals surface area (Å²) in [5.41, 5.74) is 3.69. The number of ether oxygens (including phenoxy) is 2. The van der Waals surface area contributed by atoms with Gasteiger partial charge in [0.1, 0.15) is 17.4 Å². The lowest BCUT2D eigenvalue weighted by molar-refractivity contribution is -0.154. The van der Waals surface area contributed by atoms with E-state index in [1.54, 1.807) is 12.1 Å². The van der Waals surface area contributed by atoms with E-state index in [4.69, 9.17) is 25.5 Å². The normalized spacial score (nSPS) is 30.9. The molecule has 0 bridgehead atoms. The number of rotatable bonds is 10. The highest BCUT2D eigenvalue weighted by Crippen LogP contribution is 2.65. The molecule has 7 rings (SSSR count). The number of benzene rings is 2. The molecular formula is C45H57ClO5. The van der Waals surface area contributed by atoms with Gasteiger partial charge >= 0.3 is 11.6 Å². The summed E-state index contributed by atoms with van der Waals surface area (Å²) in [4.78, 5) is 25.5. The van der Waals surface area contributed by atoms with E-state index in [1.807, 2.05) is 30.3 Å². The summed E-state index contributed by atoms with van der Waals surface area (Å²) in [5.74, 6) is 4.76. The number of halogens is 1. The Bertz CT molecular complexity index is 1810.